The summed E-state index contributed by atoms with van der Waals surface area (Å²) in [7, 11) is 0. The van der Waals surface area contributed by atoms with Gasteiger partial charge in [-0.15, -0.1) is 0 Å². The van der Waals surface area contributed by atoms with Gasteiger partial charge in [0.1, 0.15) is 0 Å². The molecule has 24 heavy (non-hydrogen) atoms. The van der Waals surface area contributed by atoms with Crippen LogP contribution in [-0.4, -0.2) is 23.3 Å². The van der Waals surface area contributed by atoms with Crippen LogP contribution in [0.4, 0.5) is 0 Å². The fourth-order valence-electron chi connectivity index (χ4n) is 2.11. The number of thiocarbonyl (C=S) groups is 1. The van der Waals surface area contributed by atoms with E-state index in [4.69, 9.17) is 12.2 Å². The average Bonchev–Trinajstić information content (AvgIpc) is 2.52. The van der Waals surface area contributed by atoms with Crippen molar-refractivity contribution < 1.29 is 9.59 Å². The van der Waals surface area contributed by atoms with Crippen LogP contribution in [0.2, 0.25) is 0 Å². The van der Waals surface area contributed by atoms with Crippen LogP contribution in [0.1, 0.15) is 54.6 Å². The summed E-state index contributed by atoms with van der Waals surface area (Å²) < 4.78 is 0. The van der Waals surface area contributed by atoms with E-state index in [0.717, 1.165) is 24.1 Å². The molecule has 1 amide bonds. The maximum absolute atomic E-state index is 12.2. The standard InChI is InChI=1S/C18H27N3O2S/c1-12(2)9-10-19-18(24)21-20-17(23)8-7-16(22)15-11-13(3)5-6-14(15)4/h5-6,11-12H,7-10H2,1-4H3,(H,20,23)(H2,19,21,24). The number of hydrazine groups is 1. The Morgan fingerprint density at radius 1 is 1.12 bits per heavy atom. The molecule has 0 fully saturated rings. The third-order valence-corrected chi connectivity index (χ3v) is 3.84. The van der Waals surface area contributed by atoms with Crippen LogP contribution in [0.25, 0.3) is 0 Å². The summed E-state index contributed by atoms with van der Waals surface area (Å²) in [6, 6.07) is 5.75. The molecule has 0 heterocycles. The molecule has 0 bridgehead atoms. The highest BCUT2D eigenvalue weighted by Crippen LogP contribution is 2.13. The smallest absolute Gasteiger partial charge is 0.238 e. The van der Waals surface area contributed by atoms with E-state index in [1.165, 1.54) is 0 Å². The number of hydrogen-bond donors (Lipinski definition) is 3. The lowest BCUT2D eigenvalue weighted by Gasteiger charge is -2.12. The Bertz CT molecular complexity index is 600. The van der Waals surface area contributed by atoms with Gasteiger partial charge in [0.15, 0.2) is 10.9 Å². The molecule has 1 aromatic rings. The molecule has 0 saturated heterocycles. The second-order valence-corrected chi connectivity index (χ2v) is 6.76. The Morgan fingerprint density at radius 2 is 1.83 bits per heavy atom. The van der Waals surface area contributed by atoms with Crippen LogP contribution in [0.5, 0.6) is 0 Å². The predicted molar refractivity (Wildman–Crippen MR) is 101 cm³/mol. The number of carbonyl (C=O) groups excluding carboxylic acids is 2. The zero-order valence-corrected chi connectivity index (χ0v) is 15.7. The van der Waals surface area contributed by atoms with Gasteiger partial charge >= 0.3 is 0 Å². The number of nitrogens with one attached hydrogen (secondary N) is 3. The number of aryl methyl sites for hydroxylation is 2. The molecular formula is C18H27N3O2S. The summed E-state index contributed by atoms with van der Waals surface area (Å²) in [5, 5.41) is 3.39. The van der Waals surface area contributed by atoms with Crippen LogP contribution in [0.15, 0.2) is 18.2 Å². The Hall–Kier alpha value is -1.95. The minimum Gasteiger partial charge on any atom is -0.361 e. The molecule has 1 rings (SSSR count). The maximum atomic E-state index is 12.2. The Morgan fingerprint density at radius 3 is 2.50 bits per heavy atom. The van der Waals surface area contributed by atoms with Crippen molar-refractivity contribution in [2.75, 3.05) is 6.54 Å². The van der Waals surface area contributed by atoms with Crippen molar-refractivity contribution in [2.24, 2.45) is 5.92 Å². The highest BCUT2D eigenvalue weighted by molar-refractivity contribution is 7.80. The van der Waals surface area contributed by atoms with Crippen LogP contribution < -0.4 is 16.2 Å². The quantitative estimate of drug-likeness (QED) is 0.401. The van der Waals surface area contributed by atoms with Gasteiger partial charge in [0.2, 0.25) is 5.91 Å². The molecule has 6 heteroatoms. The fourth-order valence-corrected chi connectivity index (χ4v) is 2.26. The SMILES string of the molecule is Cc1ccc(C)c(C(=O)CCC(=O)NNC(=S)NCCC(C)C)c1. The van der Waals surface area contributed by atoms with Crippen molar-refractivity contribution in [2.45, 2.75) is 47.0 Å². The first-order chi connectivity index (χ1) is 11.3. The van der Waals surface area contributed by atoms with Gasteiger partial charge in [-0.05, 0) is 50.0 Å². The Kier molecular flexibility index (Phi) is 8.40. The average molecular weight is 350 g/mol. The predicted octanol–water partition coefficient (Wildman–Crippen LogP) is 2.81. The van der Waals surface area contributed by atoms with Gasteiger partial charge in [0, 0.05) is 24.9 Å². The Balaban J connectivity index is 2.32. The van der Waals surface area contributed by atoms with Gasteiger partial charge in [-0.1, -0.05) is 31.5 Å². The first-order valence-electron chi connectivity index (χ1n) is 8.22. The second-order valence-electron chi connectivity index (χ2n) is 6.35. The van der Waals surface area contributed by atoms with Crippen molar-refractivity contribution in [3.8, 4) is 0 Å². The minimum absolute atomic E-state index is 0.0241. The van der Waals surface area contributed by atoms with E-state index in [2.05, 4.69) is 30.0 Å². The molecule has 0 unspecified atom stereocenters. The van der Waals surface area contributed by atoms with E-state index in [1.807, 2.05) is 32.0 Å². The van der Waals surface area contributed by atoms with Gasteiger partial charge in [-0.2, -0.15) is 0 Å². The van der Waals surface area contributed by atoms with Gasteiger partial charge in [-0.25, -0.2) is 0 Å². The van der Waals surface area contributed by atoms with E-state index in [-0.39, 0.29) is 24.5 Å². The molecule has 3 N–H and O–H groups in total. The zero-order chi connectivity index (χ0) is 18.1. The molecule has 0 aliphatic carbocycles. The zero-order valence-electron chi connectivity index (χ0n) is 14.9. The molecule has 0 spiro atoms. The van der Waals surface area contributed by atoms with Gasteiger partial charge in [0.25, 0.3) is 0 Å². The van der Waals surface area contributed by atoms with Crippen molar-refractivity contribution in [1.82, 2.24) is 16.2 Å². The maximum Gasteiger partial charge on any atom is 0.238 e. The molecule has 0 aliphatic heterocycles. The van der Waals surface area contributed by atoms with Crippen LogP contribution in [-0.2, 0) is 4.79 Å². The van der Waals surface area contributed by atoms with Gasteiger partial charge in [-0.3, -0.25) is 20.4 Å². The van der Waals surface area contributed by atoms with Crippen LogP contribution in [0, 0.1) is 19.8 Å². The number of ketones is 1. The molecule has 0 atom stereocenters. The third kappa shape index (κ3) is 7.55. The van der Waals surface area contributed by atoms with E-state index >= 15 is 0 Å². The summed E-state index contributed by atoms with van der Waals surface area (Å²) in [5.41, 5.74) is 7.81. The van der Waals surface area contributed by atoms with Gasteiger partial charge in [0.05, 0.1) is 0 Å². The molecular weight excluding hydrogens is 322 g/mol. The number of carbonyl (C=O) groups is 2. The lowest BCUT2D eigenvalue weighted by Crippen LogP contribution is -2.47. The minimum atomic E-state index is -0.262. The Labute approximate surface area is 149 Å². The highest BCUT2D eigenvalue weighted by Gasteiger charge is 2.12. The summed E-state index contributed by atoms with van der Waals surface area (Å²) in [5.74, 6) is 0.302. The number of Topliss-reactive ketones (excluding diaryl/α,β-unsaturated/α-hetero) is 1. The largest absolute Gasteiger partial charge is 0.361 e. The van der Waals surface area contributed by atoms with Crippen molar-refractivity contribution >= 4 is 29.0 Å². The first-order valence-corrected chi connectivity index (χ1v) is 8.63. The normalized spacial score (nSPS) is 10.4. The number of amides is 1. The topological polar surface area (TPSA) is 70.2 Å². The van der Waals surface area contributed by atoms with E-state index < -0.39 is 0 Å². The lowest BCUT2D eigenvalue weighted by molar-refractivity contribution is -0.121. The lowest BCUT2D eigenvalue weighted by atomic mass is 9.99. The summed E-state index contributed by atoms with van der Waals surface area (Å²) in [6.07, 6.45) is 1.29. The number of benzene rings is 1. The van der Waals surface area contributed by atoms with Gasteiger partial charge < -0.3 is 5.32 Å². The molecule has 0 saturated carbocycles. The summed E-state index contributed by atoms with van der Waals surface area (Å²) in [6.45, 7) is 8.86. The number of hydrogen-bond acceptors (Lipinski definition) is 3. The molecule has 5 nitrogen and oxygen atoms in total. The van der Waals surface area contributed by atoms with E-state index in [9.17, 15) is 9.59 Å². The highest BCUT2D eigenvalue weighted by atomic mass is 32.1. The summed E-state index contributed by atoms with van der Waals surface area (Å²) >= 11 is 5.06. The molecule has 1 aromatic carbocycles. The molecule has 0 aromatic heterocycles. The fraction of sp³-hybridized carbons (Fsp3) is 0.500. The number of rotatable bonds is 7. The van der Waals surface area contributed by atoms with Crippen LogP contribution >= 0.6 is 12.2 Å². The third-order valence-electron chi connectivity index (χ3n) is 3.60. The first kappa shape index (κ1) is 20.1. The van der Waals surface area contributed by atoms with E-state index in [1.54, 1.807) is 0 Å². The molecule has 0 radical (unpaired) electrons. The monoisotopic (exact) mass is 349 g/mol. The molecule has 132 valence electrons. The van der Waals surface area contributed by atoms with E-state index in [0.29, 0.717) is 16.6 Å². The molecule has 0 aliphatic rings. The second kappa shape index (κ2) is 10.0. The summed E-state index contributed by atoms with van der Waals surface area (Å²) in [4.78, 5) is 24.0. The van der Waals surface area contributed by atoms with Crippen molar-refractivity contribution in [3.63, 3.8) is 0 Å². The van der Waals surface area contributed by atoms with Crippen LogP contribution in [0.3, 0.4) is 0 Å². The van der Waals surface area contributed by atoms with Crippen molar-refractivity contribution in [1.29, 1.82) is 0 Å². The van der Waals surface area contributed by atoms with Crippen molar-refractivity contribution in [3.05, 3.63) is 34.9 Å².